The van der Waals surface area contributed by atoms with Gasteiger partial charge in [0.25, 0.3) is 0 Å². The number of hydrogen-bond donors (Lipinski definition) is 2. The summed E-state index contributed by atoms with van der Waals surface area (Å²) in [5.74, 6) is -0.540. The van der Waals surface area contributed by atoms with Crippen LogP contribution in [-0.2, 0) is 9.53 Å². The highest BCUT2D eigenvalue weighted by molar-refractivity contribution is 5.76. The second kappa shape index (κ2) is 5.09. The Morgan fingerprint density at radius 2 is 2.18 bits per heavy atom. The van der Waals surface area contributed by atoms with Gasteiger partial charge in [-0.2, -0.15) is 0 Å². The first kappa shape index (κ1) is 10.4. The monoisotopic (exact) mass is 161 g/mol. The summed E-state index contributed by atoms with van der Waals surface area (Å²) in [5.41, 5.74) is 5.33. The normalized spacial score (nSPS) is 15.6. The Hall–Kier alpha value is -0.610. The minimum atomic E-state index is -0.903. The zero-order valence-corrected chi connectivity index (χ0v) is 6.91. The van der Waals surface area contributed by atoms with Gasteiger partial charge >= 0.3 is 5.97 Å². The third kappa shape index (κ3) is 3.34. The van der Waals surface area contributed by atoms with E-state index < -0.39 is 18.1 Å². The van der Waals surface area contributed by atoms with Gasteiger partial charge in [-0.15, -0.1) is 0 Å². The van der Waals surface area contributed by atoms with Gasteiger partial charge in [0.15, 0.2) is 0 Å². The van der Waals surface area contributed by atoms with Crippen LogP contribution in [-0.4, -0.2) is 29.8 Å². The van der Waals surface area contributed by atoms with Gasteiger partial charge in [0.05, 0.1) is 12.7 Å². The SMILES string of the molecule is CCOC(=O)[C@@H](N)C(O)CC. The first-order valence-corrected chi connectivity index (χ1v) is 3.73. The molecule has 66 valence electrons. The topological polar surface area (TPSA) is 72.5 Å². The maximum atomic E-state index is 10.8. The van der Waals surface area contributed by atoms with E-state index in [9.17, 15) is 4.79 Å². The van der Waals surface area contributed by atoms with E-state index in [1.54, 1.807) is 13.8 Å². The van der Waals surface area contributed by atoms with Crippen LogP contribution >= 0.6 is 0 Å². The lowest BCUT2D eigenvalue weighted by atomic mass is 10.1. The number of carbonyl (C=O) groups is 1. The average molecular weight is 161 g/mol. The van der Waals surface area contributed by atoms with Crippen LogP contribution in [0.2, 0.25) is 0 Å². The Labute approximate surface area is 66.3 Å². The molecule has 3 N–H and O–H groups in total. The van der Waals surface area contributed by atoms with Crippen molar-refractivity contribution in [3.8, 4) is 0 Å². The van der Waals surface area contributed by atoms with Crippen molar-refractivity contribution < 1.29 is 14.6 Å². The molecule has 0 saturated carbocycles. The van der Waals surface area contributed by atoms with E-state index in [0.29, 0.717) is 13.0 Å². The van der Waals surface area contributed by atoms with Crippen LogP contribution in [0, 0.1) is 0 Å². The van der Waals surface area contributed by atoms with Crippen molar-refractivity contribution in [2.24, 2.45) is 5.73 Å². The molecule has 4 heteroatoms. The van der Waals surface area contributed by atoms with Gasteiger partial charge in [-0.25, -0.2) is 0 Å². The number of rotatable bonds is 4. The zero-order chi connectivity index (χ0) is 8.85. The Morgan fingerprint density at radius 1 is 1.64 bits per heavy atom. The number of carbonyl (C=O) groups excluding carboxylic acids is 1. The quantitative estimate of drug-likeness (QED) is 0.553. The van der Waals surface area contributed by atoms with Crippen LogP contribution in [0.1, 0.15) is 20.3 Å². The summed E-state index contributed by atoms with van der Waals surface area (Å²) in [7, 11) is 0. The number of aliphatic hydroxyl groups is 1. The highest BCUT2D eigenvalue weighted by Crippen LogP contribution is 1.97. The van der Waals surface area contributed by atoms with Gasteiger partial charge in [-0.05, 0) is 13.3 Å². The van der Waals surface area contributed by atoms with Crippen LogP contribution in [0.5, 0.6) is 0 Å². The minimum Gasteiger partial charge on any atom is -0.465 e. The van der Waals surface area contributed by atoms with Crippen molar-refractivity contribution in [3.05, 3.63) is 0 Å². The molecular weight excluding hydrogens is 146 g/mol. The predicted octanol–water partition coefficient (Wildman–Crippen LogP) is -0.352. The van der Waals surface area contributed by atoms with Crippen LogP contribution in [0.4, 0.5) is 0 Å². The molecule has 0 fully saturated rings. The van der Waals surface area contributed by atoms with Crippen molar-refractivity contribution >= 4 is 5.97 Å². The van der Waals surface area contributed by atoms with Crippen LogP contribution in [0.25, 0.3) is 0 Å². The van der Waals surface area contributed by atoms with Gasteiger partial charge in [0.1, 0.15) is 6.04 Å². The van der Waals surface area contributed by atoms with E-state index in [1.807, 2.05) is 0 Å². The lowest BCUT2D eigenvalue weighted by Gasteiger charge is -2.14. The maximum Gasteiger partial charge on any atom is 0.325 e. The molecule has 0 aliphatic heterocycles. The van der Waals surface area contributed by atoms with E-state index in [4.69, 9.17) is 10.8 Å². The fourth-order valence-electron chi connectivity index (χ4n) is 0.650. The molecule has 1 unspecified atom stereocenters. The molecule has 0 radical (unpaired) electrons. The Kier molecular flexibility index (Phi) is 4.81. The average Bonchev–Trinajstić information content (AvgIpc) is 2.02. The van der Waals surface area contributed by atoms with Crippen LogP contribution < -0.4 is 5.73 Å². The Morgan fingerprint density at radius 3 is 2.55 bits per heavy atom. The smallest absolute Gasteiger partial charge is 0.325 e. The largest absolute Gasteiger partial charge is 0.465 e. The molecule has 0 aliphatic rings. The molecule has 0 saturated heterocycles. The van der Waals surface area contributed by atoms with Crippen molar-refractivity contribution in [1.82, 2.24) is 0 Å². The maximum absolute atomic E-state index is 10.8. The first-order valence-electron chi connectivity index (χ1n) is 3.73. The summed E-state index contributed by atoms with van der Waals surface area (Å²) in [4.78, 5) is 10.8. The summed E-state index contributed by atoms with van der Waals surface area (Å²) in [6.45, 7) is 3.75. The Balaban J connectivity index is 3.80. The molecule has 0 amide bonds. The predicted molar refractivity (Wildman–Crippen MR) is 40.9 cm³/mol. The molecule has 0 bridgehead atoms. The van der Waals surface area contributed by atoms with Gasteiger partial charge < -0.3 is 15.6 Å². The number of nitrogens with two attached hydrogens (primary N) is 1. The summed E-state index contributed by atoms with van der Waals surface area (Å²) in [6, 6.07) is -0.903. The molecular formula is C7H15NO3. The molecule has 0 aromatic carbocycles. The fraction of sp³-hybridized carbons (Fsp3) is 0.857. The third-order valence-corrected chi connectivity index (χ3v) is 1.39. The van der Waals surface area contributed by atoms with E-state index in [0.717, 1.165) is 0 Å². The number of aliphatic hydroxyl groups excluding tert-OH is 1. The molecule has 0 aliphatic carbocycles. The van der Waals surface area contributed by atoms with Gasteiger partial charge in [-0.1, -0.05) is 6.92 Å². The summed E-state index contributed by atoms with van der Waals surface area (Å²) >= 11 is 0. The van der Waals surface area contributed by atoms with Crippen molar-refractivity contribution in [2.45, 2.75) is 32.4 Å². The second-order valence-electron chi connectivity index (χ2n) is 2.25. The van der Waals surface area contributed by atoms with E-state index >= 15 is 0 Å². The van der Waals surface area contributed by atoms with Gasteiger partial charge in [0, 0.05) is 0 Å². The number of ether oxygens (including phenoxy) is 1. The Bertz CT molecular complexity index is 127. The van der Waals surface area contributed by atoms with E-state index in [-0.39, 0.29) is 0 Å². The number of esters is 1. The van der Waals surface area contributed by atoms with Crippen molar-refractivity contribution in [2.75, 3.05) is 6.61 Å². The molecule has 11 heavy (non-hydrogen) atoms. The second-order valence-corrected chi connectivity index (χ2v) is 2.25. The molecule has 0 heterocycles. The van der Waals surface area contributed by atoms with Gasteiger partial charge in [-0.3, -0.25) is 4.79 Å². The lowest BCUT2D eigenvalue weighted by Crippen LogP contribution is -2.42. The van der Waals surface area contributed by atoms with Crippen LogP contribution in [0.15, 0.2) is 0 Å². The van der Waals surface area contributed by atoms with Crippen LogP contribution in [0.3, 0.4) is 0 Å². The van der Waals surface area contributed by atoms with Gasteiger partial charge in [0.2, 0.25) is 0 Å². The highest BCUT2D eigenvalue weighted by Gasteiger charge is 2.21. The zero-order valence-electron chi connectivity index (χ0n) is 6.91. The first-order chi connectivity index (χ1) is 5.13. The molecule has 0 rings (SSSR count). The lowest BCUT2D eigenvalue weighted by molar-refractivity contribution is -0.147. The molecule has 0 aromatic heterocycles. The molecule has 2 atom stereocenters. The summed E-state index contributed by atoms with van der Waals surface area (Å²) < 4.78 is 4.60. The molecule has 0 spiro atoms. The summed E-state index contributed by atoms with van der Waals surface area (Å²) in [5, 5.41) is 9.10. The third-order valence-electron chi connectivity index (χ3n) is 1.39. The molecule has 0 aromatic rings. The minimum absolute atomic E-state index is 0.295. The van der Waals surface area contributed by atoms with Crippen molar-refractivity contribution in [1.29, 1.82) is 0 Å². The number of hydrogen-bond acceptors (Lipinski definition) is 4. The summed E-state index contributed by atoms with van der Waals surface area (Å²) in [6.07, 6.45) is -0.339. The van der Waals surface area contributed by atoms with E-state index in [2.05, 4.69) is 4.74 Å². The standard InChI is InChI=1S/C7H15NO3/c1-3-5(9)6(8)7(10)11-4-2/h5-6,9H,3-4,8H2,1-2H3/t5?,6-/m0/s1. The fourth-order valence-corrected chi connectivity index (χ4v) is 0.650. The molecule has 4 nitrogen and oxygen atoms in total. The van der Waals surface area contributed by atoms with Crippen molar-refractivity contribution in [3.63, 3.8) is 0 Å². The highest BCUT2D eigenvalue weighted by atomic mass is 16.5. The van der Waals surface area contributed by atoms with E-state index in [1.165, 1.54) is 0 Å².